The van der Waals surface area contributed by atoms with Crippen molar-refractivity contribution in [1.29, 1.82) is 0 Å². The molecular formula is C20H18N2O5. The third-order valence-corrected chi connectivity index (χ3v) is 4.32. The molecule has 3 aromatic rings. The SMILES string of the molecule is O=C(NC(CCO)c1ccccc1)c1cc(-c2ccc3c(c2)OCO3)on1. The van der Waals surface area contributed by atoms with E-state index < -0.39 is 0 Å². The first-order valence-electron chi connectivity index (χ1n) is 8.58. The number of nitrogens with zero attached hydrogens (tertiary/aromatic N) is 1. The molecular weight excluding hydrogens is 348 g/mol. The van der Waals surface area contributed by atoms with Crippen molar-refractivity contribution in [3.63, 3.8) is 0 Å². The van der Waals surface area contributed by atoms with Crippen LogP contribution in [0.15, 0.2) is 59.1 Å². The van der Waals surface area contributed by atoms with Crippen LogP contribution in [0.1, 0.15) is 28.5 Å². The Balaban J connectivity index is 1.51. The molecule has 1 unspecified atom stereocenters. The lowest BCUT2D eigenvalue weighted by Gasteiger charge is -2.17. The Morgan fingerprint density at radius 3 is 2.74 bits per heavy atom. The third-order valence-electron chi connectivity index (χ3n) is 4.32. The monoisotopic (exact) mass is 366 g/mol. The molecule has 4 rings (SSSR count). The van der Waals surface area contributed by atoms with Crippen LogP contribution >= 0.6 is 0 Å². The molecule has 1 aliphatic heterocycles. The maximum Gasteiger partial charge on any atom is 0.273 e. The minimum absolute atomic E-state index is 0.0406. The number of fused-ring (bicyclic) bond motifs is 1. The molecule has 138 valence electrons. The average Bonchev–Trinajstić information content (AvgIpc) is 3.37. The largest absolute Gasteiger partial charge is 0.454 e. The molecule has 0 radical (unpaired) electrons. The first-order valence-corrected chi connectivity index (χ1v) is 8.58. The van der Waals surface area contributed by atoms with E-state index in [-0.39, 0.29) is 31.0 Å². The summed E-state index contributed by atoms with van der Waals surface area (Å²) in [4.78, 5) is 12.6. The molecule has 1 aliphatic rings. The molecule has 0 aliphatic carbocycles. The van der Waals surface area contributed by atoms with Crippen molar-refractivity contribution >= 4 is 5.91 Å². The van der Waals surface area contributed by atoms with Crippen molar-refractivity contribution in [3.05, 3.63) is 65.9 Å². The Labute approximate surface area is 155 Å². The standard InChI is InChI=1S/C20H18N2O5/c23-9-8-15(13-4-2-1-3-5-13)21-20(24)16-11-18(27-22-16)14-6-7-17-19(10-14)26-12-25-17/h1-7,10-11,15,23H,8-9,12H2,(H,21,24). The second-order valence-corrected chi connectivity index (χ2v) is 6.09. The first-order chi connectivity index (χ1) is 13.2. The van der Waals surface area contributed by atoms with Gasteiger partial charge in [0.25, 0.3) is 5.91 Å². The zero-order valence-corrected chi connectivity index (χ0v) is 14.4. The lowest BCUT2D eigenvalue weighted by molar-refractivity contribution is 0.0921. The number of nitrogens with one attached hydrogen (secondary N) is 1. The highest BCUT2D eigenvalue weighted by Crippen LogP contribution is 2.36. The highest BCUT2D eigenvalue weighted by atomic mass is 16.7. The van der Waals surface area contributed by atoms with E-state index in [4.69, 9.17) is 14.0 Å². The number of hydrogen-bond acceptors (Lipinski definition) is 6. The number of aliphatic hydroxyl groups excluding tert-OH is 1. The number of rotatable bonds is 6. The van der Waals surface area contributed by atoms with Gasteiger partial charge in [-0.1, -0.05) is 35.5 Å². The smallest absolute Gasteiger partial charge is 0.273 e. The summed E-state index contributed by atoms with van der Waals surface area (Å²) in [5, 5.41) is 16.1. The van der Waals surface area contributed by atoms with Crippen molar-refractivity contribution in [2.75, 3.05) is 13.4 Å². The third kappa shape index (κ3) is 3.63. The molecule has 1 atom stereocenters. The molecule has 7 nitrogen and oxygen atoms in total. The van der Waals surface area contributed by atoms with Crippen LogP contribution in [0.4, 0.5) is 0 Å². The van der Waals surface area contributed by atoms with E-state index in [1.807, 2.05) is 36.4 Å². The van der Waals surface area contributed by atoms with Crippen LogP contribution in [0.2, 0.25) is 0 Å². The summed E-state index contributed by atoms with van der Waals surface area (Å²) in [6.07, 6.45) is 0.405. The topological polar surface area (TPSA) is 93.8 Å². The van der Waals surface area contributed by atoms with Crippen molar-refractivity contribution in [2.45, 2.75) is 12.5 Å². The maximum absolute atomic E-state index is 12.6. The first kappa shape index (κ1) is 17.1. The fourth-order valence-corrected chi connectivity index (χ4v) is 2.94. The summed E-state index contributed by atoms with van der Waals surface area (Å²) >= 11 is 0. The number of aromatic nitrogens is 1. The van der Waals surface area contributed by atoms with Gasteiger partial charge in [-0.05, 0) is 30.2 Å². The summed E-state index contributed by atoms with van der Waals surface area (Å²) in [6.45, 7) is 0.148. The summed E-state index contributed by atoms with van der Waals surface area (Å²) in [5.74, 6) is 1.39. The van der Waals surface area contributed by atoms with E-state index in [2.05, 4.69) is 10.5 Å². The van der Waals surface area contributed by atoms with Gasteiger partial charge in [-0.2, -0.15) is 0 Å². The van der Waals surface area contributed by atoms with Gasteiger partial charge >= 0.3 is 0 Å². The molecule has 0 spiro atoms. The molecule has 0 bridgehead atoms. The molecule has 2 heterocycles. The number of amides is 1. The zero-order chi connectivity index (χ0) is 18.6. The number of aliphatic hydroxyl groups is 1. The van der Waals surface area contributed by atoms with E-state index >= 15 is 0 Å². The molecule has 7 heteroatoms. The average molecular weight is 366 g/mol. The van der Waals surface area contributed by atoms with E-state index in [9.17, 15) is 9.90 Å². The van der Waals surface area contributed by atoms with Crippen LogP contribution in [0.3, 0.4) is 0 Å². The van der Waals surface area contributed by atoms with Gasteiger partial charge in [-0.3, -0.25) is 4.79 Å². The predicted molar refractivity (Wildman–Crippen MR) is 96.4 cm³/mol. The fraction of sp³-hybridized carbons (Fsp3) is 0.200. The Morgan fingerprint density at radius 1 is 1.11 bits per heavy atom. The molecule has 0 fully saturated rings. The lowest BCUT2D eigenvalue weighted by Crippen LogP contribution is -2.29. The molecule has 2 aromatic carbocycles. The molecule has 1 amide bonds. The van der Waals surface area contributed by atoms with Crippen molar-refractivity contribution in [1.82, 2.24) is 10.5 Å². The quantitative estimate of drug-likeness (QED) is 0.697. The van der Waals surface area contributed by atoms with Crippen LogP contribution < -0.4 is 14.8 Å². The Hall–Kier alpha value is -3.32. The number of carbonyl (C=O) groups excluding carboxylic acids is 1. The Bertz CT molecular complexity index is 939. The van der Waals surface area contributed by atoms with Crippen LogP contribution in [-0.4, -0.2) is 29.6 Å². The number of ether oxygens (including phenoxy) is 2. The maximum atomic E-state index is 12.6. The minimum Gasteiger partial charge on any atom is -0.454 e. The van der Waals surface area contributed by atoms with E-state index in [0.29, 0.717) is 23.7 Å². The van der Waals surface area contributed by atoms with Crippen LogP contribution in [0, 0.1) is 0 Å². The van der Waals surface area contributed by atoms with Crippen molar-refractivity contribution < 1.29 is 23.9 Å². The Kier molecular flexibility index (Phi) is 4.76. The predicted octanol–water partition coefficient (Wildman–Crippen LogP) is 2.92. The van der Waals surface area contributed by atoms with Gasteiger partial charge in [0.2, 0.25) is 6.79 Å². The molecule has 27 heavy (non-hydrogen) atoms. The Morgan fingerprint density at radius 2 is 1.93 bits per heavy atom. The number of carbonyl (C=O) groups is 1. The summed E-state index contributed by atoms with van der Waals surface area (Å²) in [5.41, 5.74) is 1.82. The van der Waals surface area contributed by atoms with Crippen LogP contribution in [0.5, 0.6) is 11.5 Å². The fourth-order valence-electron chi connectivity index (χ4n) is 2.94. The van der Waals surface area contributed by atoms with E-state index in [1.54, 1.807) is 18.2 Å². The normalized spacial score (nSPS) is 13.4. The van der Waals surface area contributed by atoms with E-state index in [0.717, 1.165) is 11.1 Å². The number of hydrogen-bond donors (Lipinski definition) is 2. The molecule has 2 N–H and O–H groups in total. The zero-order valence-electron chi connectivity index (χ0n) is 14.4. The molecule has 0 saturated carbocycles. The van der Waals surface area contributed by atoms with Gasteiger partial charge < -0.3 is 24.4 Å². The van der Waals surface area contributed by atoms with Gasteiger partial charge in [-0.25, -0.2) is 0 Å². The highest BCUT2D eigenvalue weighted by molar-refractivity contribution is 5.93. The molecule has 1 aromatic heterocycles. The molecule has 0 saturated heterocycles. The lowest BCUT2D eigenvalue weighted by atomic mass is 10.0. The summed E-state index contributed by atoms with van der Waals surface area (Å²) < 4.78 is 16.0. The highest BCUT2D eigenvalue weighted by Gasteiger charge is 2.20. The van der Waals surface area contributed by atoms with Gasteiger partial charge in [-0.15, -0.1) is 0 Å². The number of benzene rings is 2. The van der Waals surface area contributed by atoms with Gasteiger partial charge in [0.15, 0.2) is 23.0 Å². The van der Waals surface area contributed by atoms with Gasteiger partial charge in [0.05, 0.1) is 6.04 Å². The van der Waals surface area contributed by atoms with Crippen molar-refractivity contribution in [2.24, 2.45) is 0 Å². The van der Waals surface area contributed by atoms with Crippen LogP contribution in [-0.2, 0) is 0 Å². The minimum atomic E-state index is -0.368. The van der Waals surface area contributed by atoms with Gasteiger partial charge in [0, 0.05) is 18.2 Å². The van der Waals surface area contributed by atoms with Gasteiger partial charge in [0.1, 0.15) is 0 Å². The summed E-state index contributed by atoms with van der Waals surface area (Å²) in [7, 11) is 0. The second kappa shape index (κ2) is 7.51. The van der Waals surface area contributed by atoms with E-state index in [1.165, 1.54) is 0 Å². The van der Waals surface area contributed by atoms with Crippen LogP contribution in [0.25, 0.3) is 11.3 Å². The summed E-state index contributed by atoms with van der Waals surface area (Å²) in [6, 6.07) is 16.1. The van der Waals surface area contributed by atoms with Crippen molar-refractivity contribution in [3.8, 4) is 22.8 Å². The second-order valence-electron chi connectivity index (χ2n) is 6.09.